The van der Waals surface area contributed by atoms with E-state index in [-0.39, 0.29) is 11.8 Å². The van der Waals surface area contributed by atoms with Crippen molar-refractivity contribution in [3.63, 3.8) is 0 Å². The van der Waals surface area contributed by atoms with E-state index in [0.717, 1.165) is 16.8 Å². The fraction of sp³-hybridized carbons (Fsp3) is 0.368. The van der Waals surface area contributed by atoms with Crippen LogP contribution in [0.4, 0.5) is 5.69 Å². The van der Waals surface area contributed by atoms with Gasteiger partial charge in [-0.05, 0) is 43.9 Å². The van der Waals surface area contributed by atoms with Crippen LogP contribution in [0.15, 0.2) is 34.9 Å². The summed E-state index contributed by atoms with van der Waals surface area (Å²) in [6.45, 7) is 9.29. The number of hydrogen-bond donors (Lipinski definition) is 1. The topological polar surface area (TPSA) is 68.5 Å². The number of ether oxygens (including phenoxy) is 1. The van der Waals surface area contributed by atoms with Crippen molar-refractivity contribution in [2.45, 2.75) is 46.6 Å². The Morgan fingerprint density at radius 1 is 1.12 bits per heavy atom. The van der Waals surface area contributed by atoms with Crippen molar-refractivity contribution in [2.75, 3.05) is 5.32 Å². The first kappa shape index (κ1) is 17.8. The standard InChI is InChI=1S/C19H23NO4/c1-11(2)15-8-6-7-12(3)17(15)20-18(21)14(5)24-19(22)16-9-10-23-13(16)4/h6-11,14H,1-5H3,(H,20,21)/t14-/m1/s1. The molecule has 0 saturated heterocycles. The summed E-state index contributed by atoms with van der Waals surface area (Å²) in [6.07, 6.45) is 0.505. The number of rotatable bonds is 5. The molecule has 0 unspecified atom stereocenters. The number of hydrogen-bond acceptors (Lipinski definition) is 4. The predicted molar refractivity (Wildman–Crippen MR) is 92.2 cm³/mol. The highest BCUT2D eigenvalue weighted by atomic mass is 16.5. The van der Waals surface area contributed by atoms with Gasteiger partial charge in [0.1, 0.15) is 11.3 Å². The van der Waals surface area contributed by atoms with Crippen LogP contribution < -0.4 is 5.32 Å². The number of carbonyl (C=O) groups is 2. The van der Waals surface area contributed by atoms with Gasteiger partial charge in [-0.15, -0.1) is 0 Å². The second kappa shape index (κ2) is 7.34. The summed E-state index contributed by atoms with van der Waals surface area (Å²) in [4.78, 5) is 24.5. The first-order valence-electron chi connectivity index (χ1n) is 7.96. The first-order chi connectivity index (χ1) is 11.3. The molecule has 0 spiro atoms. The fourth-order valence-corrected chi connectivity index (χ4v) is 2.44. The molecule has 0 aliphatic heterocycles. The molecule has 5 nitrogen and oxygen atoms in total. The molecule has 0 aliphatic carbocycles. The average molecular weight is 329 g/mol. The third kappa shape index (κ3) is 3.85. The number of nitrogens with one attached hydrogen (secondary N) is 1. The molecule has 1 amide bonds. The molecule has 0 aliphatic rings. The molecule has 0 fully saturated rings. The van der Waals surface area contributed by atoms with Crippen molar-refractivity contribution in [1.82, 2.24) is 0 Å². The highest BCUT2D eigenvalue weighted by Crippen LogP contribution is 2.27. The number of esters is 1. The number of para-hydroxylation sites is 1. The van der Waals surface area contributed by atoms with Crippen LogP contribution in [0.3, 0.4) is 0 Å². The van der Waals surface area contributed by atoms with Gasteiger partial charge in [-0.1, -0.05) is 32.0 Å². The Hall–Kier alpha value is -2.56. The molecule has 1 N–H and O–H groups in total. The Labute approximate surface area is 142 Å². The lowest BCUT2D eigenvalue weighted by molar-refractivity contribution is -0.123. The minimum absolute atomic E-state index is 0.270. The maximum absolute atomic E-state index is 12.4. The number of benzene rings is 1. The lowest BCUT2D eigenvalue weighted by Gasteiger charge is -2.19. The van der Waals surface area contributed by atoms with E-state index < -0.39 is 12.1 Å². The second-order valence-corrected chi connectivity index (χ2v) is 6.12. The summed E-state index contributed by atoms with van der Waals surface area (Å²) in [7, 11) is 0. The molecule has 2 rings (SSSR count). The van der Waals surface area contributed by atoms with Crippen LogP contribution in [0.1, 0.15) is 53.9 Å². The van der Waals surface area contributed by atoms with Gasteiger partial charge in [0.05, 0.1) is 6.26 Å². The molecule has 128 valence electrons. The Bertz CT molecular complexity index is 746. The van der Waals surface area contributed by atoms with E-state index in [1.807, 2.05) is 25.1 Å². The van der Waals surface area contributed by atoms with Crippen LogP contribution in [0.25, 0.3) is 0 Å². The van der Waals surface area contributed by atoms with E-state index in [1.54, 1.807) is 13.8 Å². The van der Waals surface area contributed by atoms with E-state index >= 15 is 0 Å². The third-order valence-electron chi connectivity index (χ3n) is 3.91. The lowest BCUT2D eigenvalue weighted by Crippen LogP contribution is -2.30. The normalized spacial score (nSPS) is 12.1. The molecule has 0 saturated carbocycles. The van der Waals surface area contributed by atoms with Crippen LogP contribution >= 0.6 is 0 Å². The number of amides is 1. The second-order valence-electron chi connectivity index (χ2n) is 6.12. The molecule has 1 aromatic carbocycles. The lowest BCUT2D eigenvalue weighted by atomic mass is 9.98. The highest BCUT2D eigenvalue weighted by molar-refractivity contribution is 5.98. The first-order valence-corrected chi connectivity index (χ1v) is 7.96. The Morgan fingerprint density at radius 3 is 2.42 bits per heavy atom. The quantitative estimate of drug-likeness (QED) is 0.835. The Morgan fingerprint density at radius 2 is 1.83 bits per heavy atom. The monoisotopic (exact) mass is 329 g/mol. The molecule has 2 aromatic rings. The zero-order chi connectivity index (χ0) is 17.9. The van der Waals surface area contributed by atoms with Gasteiger partial charge in [0.15, 0.2) is 6.10 Å². The van der Waals surface area contributed by atoms with E-state index in [0.29, 0.717) is 11.3 Å². The average Bonchev–Trinajstić information content (AvgIpc) is 2.95. The zero-order valence-corrected chi connectivity index (χ0v) is 14.7. The van der Waals surface area contributed by atoms with Gasteiger partial charge >= 0.3 is 5.97 Å². The molecule has 24 heavy (non-hydrogen) atoms. The number of anilines is 1. The van der Waals surface area contributed by atoms with Crippen molar-refractivity contribution in [3.05, 3.63) is 53.0 Å². The minimum atomic E-state index is -0.911. The van der Waals surface area contributed by atoms with Crippen LogP contribution in [0, 0.1) is 13.8 Å². The van der Waals surface area contributed by atoms with E-state index in [2.05, 4.69) is 19.2 Å². The third-order valence-corrected chi connectivity index (χ3v) is 3.91. The van der Waals surface area contributed by atoms with E-state index in [4.69, 9.17) is 9.15 Å². The summed E-state index contributed by atoms with van der Waals surface area (Å²) >= 11 is 0. The van der Waals surface area contributed by atoms with E-state index in [1.165, 1.54) is 12.3 Å². The van der Waals surface area contributed by atoms with Gasteiger partial charge in [-0.3, -0.25) is 4.79 Å². The molecular weight excluding hydrogens is 306 g/mol. The summed E-state index contributed by atoms with van der Waals surface area (Å²) in [6, 6.07) is 7.41. The van der Waals surface area contributed by atoms with Gasteiger partial charge in [-0.2, -0.15) is 0 Å². The van der Waals surface area contributed by atoms with Crippen LogP contribution in [0.5, 0.6) is 0 Å². The van der Waals surface area contributed by atoms with E-state index in [9.17, 15) is 9.59 Å². The molecule has 0 radical (unpaired) electrons. The maximum Gasteiger partial charge on any atom is 0.342 e. The van der Waals surface area contributed by atoms with Crippen molar-refractivity contribution < 1.29 is 18.7 Å². The maximum atomic E-state index is 12.4. The Balaban J connectivity index is 2.10. The van der Waals surface area contributed by atoms with Crippen molar-refractivity contribution in [3.8, 4) is 0 Å². The minimum Gasteiger partial charge on any atom is -0.469 e. The summed E-state index contributed by atoms with van der Waals surface area (Å²) in [5, 5.41) is 2.89. The number of furan rings is 1. The van der Waals surface area contributed by atoms with Crippen LogP contribution in [0.2, 0.25) is 0 Å². The molecule has 5 heteroatoms. The Kier molecular flexibility index (Phi) is 5.44. The van der Waals surface area contributed by atoms with Crippen molar-refractivity contribution in [2.24, 2.45) is 0 Å². The fourth-order valence-electron chi connectivity index (χ4n) is 2.44. The SMILES string of the molecule is Cc1cccc(C(C)C)c1NC(=O)[C@@H](C)OC(=O)c1ccoc1C. The molecular formula is C19H23NO4. The molecule has 1 atom stereocenters. The van der Waals surface area contributed by atoms with Gasteiger partial charge in [-0.25, -0.2) is 4.79 Å². The van der Waals surface area contributed by atoms with Gasteiger partial charge in [0, 0.05) is 5.69 Å². The van der Waals surface area contributed by atoms with Crippen molar-refractivity contribution in [1.29, 1.82) is 0 Å². The zero-order valence-electron chi connectivity index (χ0n) is 14.7. The van der Waals surface area contributed by atoms with Gasteiger partial charge in [0.25, 0.3) is 5.91 Å². The number of carbonyl (C=O) groups excluding carboxylic acids is 2. The predicted octanol–water partition coefficient (Wildman–Crippen LogP) is 4.20. The molecule has 0 bridgehead atoms. The van der Waals surface area contributed by atoms with Gasteiger partial charge < -0.3 is 14.5 Å². The summed E-state index contributed by atoms with van der Waals surface area (Å²) in [5.74, 6) is -0.196. The van der Waals surface area contributed by atoms with Crippen LogP contribution in [-0.4, -0.2) is 18.0 Å². The smallest absolute Gasteiger partial charge is 0.342 e. The summed E-state index contributed by atoms with van der Waals surface area (Å²) < 4.78 is 10.3. The molecule has 1 aromatic heterocycles. The van der Waals surface area contributed by atoms with Crippen molar-refractivity contribution >= 4 is 17.6 Å². The number of aryl methyl sites for hydroxylation is 2. The largest absolute Gasteiger partial charge is 0.469 e. The van der Waals surface area contributed by atoms with Crippen LogP contribution in [-0.2, 0) is 9.53 Å². The molecule has 1 heterocycles. The summed E-state index contributed by atoms with van der Waals surface area (Å²) in [5.41, 5.74) is 3.12. The highest BCUT2D eigenvalue weighted by Gasteiger charge is 2.22. The van der Waals surface area contributed by atoms with Gasteiger partial charge in [0.2, 0.25) is 0 Å².